The standard InChI is InChI=1S/C11H17N3O3/c1-13(2)7-3-6-12-9-4-5-10(14(16)17)11(15)8-9/h4-5,8,12,15H,3,6-7H2,1-2H3. The first-order valence-electron chi connectivity index (χ1n) is 5.36. The Hall–Kier alpha value is -1.82. The van der Waals surface area contributed by atoms with Crippen LogP contribution in [0.15, 0.2) is 18.2 Å². The summed E-state index contributed by atoms with van der Waals surface area (Å²) < 4.78 is 0. The monoisotopic (exact) mass is 239 g/mol. The highest BCUT2D eigenvalue weighted by Gasteiger charge is 2.12. The predicted molar refractivity (Wildman–Crippen MR) is 66.4 cm³/mol. The van der Waals surface area contributed by atoms with E-state index in [4.69, 9.17) is 0 Å². The van der Waals surface area contributed by atoms with E-state index >= 15 is 0 Å². The van der Waals surface area contributed by atoms with Gasteiger partial charge in [-0.05, 0) is 33.1 Å². The molecule has 0 aliphatic heterocycles. The van der Waals surface area contributed by atoms with Crippen molar-refractivity contribution in [3.63, 3.8) is 0 Å². The summed E-state index contributed by atoms with van der Waals surface area (Å²) in [5.74, 6) is -0.312. The molecule has 1 aromatic rings. The molecule has 1 aromatic carbocycles. The Morgan fingerprint density at radius 3 is 2.71 bits per heavy atom. The van der Waals surface area contributed by atoms with Gasteiger partial charge >= 0.3 is 5.69 Å². The maximum Gasteiger partial charge on any atom is 0.310 e. The lowest BCUT2D eigenvalue weighted by molar-refractivity contribution is -0.385. The second kappa shape index (κ2) is 6.05. The van der Waals surface area contributed by atoms with Gasteiger partial charge < -0.3 is 15.3 Å². The summed E-state index contributed by atoms with van der Waals surface area (Å²) in [6.45, 7) is 1.72. The highest BCUT2D eigenvalue weighted by atomic mass is 16.6. The summed E-state index contributed by atoms with van der Waals surface area (Å²) in [4.78, 5) is 12.0. The van der Waals surface area contributed by atoms with E-state index < -0.39 is 4.92 Å². The number of aromatic hydroxyl groups is 1. The molecule has 6 nitrogen and oxygen atoms in total. The van der Waals surface area contributed by atoms with Gasteiger partial charge in [-0.15, -0.1) is 0 Å². The molecule has 0 bridgehead atoms. The maximum atomic E-state index is 10.5. The van der Waals surface area contributed by atoms with Gasteiger partial charge in [0.1, 0.15) is 0 Å². The minimum Gasteiger partial charge on any atom is -0.502 e. The Balaban J connectivity index is 2.50. The number of hydrogen-bond donors (Lipinski definition) is 2. The van der Waals surface area contributed by atoms with Crippen LogP contribution in [0.2, 0.25) is 0 Å². The number of benzene rings is 1. The fourth-order valence-corrected chi connectivity index (χ4v) is 1.42. The molecule has 0 saturated carbocycles. The van der Waals surface area contributed by atoms with Crippen LogP contribution in [-0.4, -0.2) is 42.1 Å². The molecule has 0 atom stereocenters. The SMILES string of the molecule is CN(C)CCCNc1ccc([N+](=O)[O-])c(O)c1. The van der Waals surface area contributed by atoms with Crippen molar-refractivity contribution >= 4 is 11.4 Å². The van der Waals surface area contributed by atoms with Crippen molar-refractivity contribution < 1.29 is 10.0 Å². The van der Waals surface area contributed by atoms with E-state index in [0.717, 1.165) is 19.5 Å². The molecule has 0 amide bonds. The van der Waals surface area contributed by atoms with E-state index in [9.17, 15) is 15.2 Å². The largest absolute Gasteiger partial charge is 0.502 e. The number of phenols is 1. The lowest BCUT2D eigenvalue weighted by Crippen LogP contribution is -2.16. The van der Waals surface area contributed by atoms with Crippen molar-refractivity contribution in [3.05, 3.63) is 28.3 Å². The molecule has 6 heteroatoms. The lowest BCUT2D eigenvalue weighted by Gasteiger charge is -2.10. The average molecular weight is 239 g/mol. The molecule has 2 N–H and O–H groups in total. The molecule has 0 saturated heterocycles. The summed E-state index contributed by atoms with van der Waals surface area (Å²) in [6.07, 6.45) is 0.963. The highest BCUT2D eigenvalue weighted by Crippen LogP contribution is 2.28. The fraction of sp³-hybridized carbons (Fsp3) is 0.455. The van der Waals surface area contributed by atoms with Crippen molar-refractivity contribution in [2.75, 3.05) is 32.5 Å². The van der Waals surface area contributed by atoms with Crippen LogP contribution in [0.3, 0.4) is 0 Å². The number of nitrogens with zero attached hydrogens (tertiary/aromatic N) is 2. The number of nitrogens with one attached hydrogen (secondary N) is 1. The zero-order valence-electron chi connectivity index (χ0n) is 10.0. The third kappa shape index (κ3) is 4.28. The van der Waals surface area contributed by atoms with Gasteiger partial charge in [0.25, 0.3) is 0 Å². The van der Waals surface area contributed by atoms with Crippen LogP contribution in [0, 0.1) is 10.1 Å². The number of rotatable bonds is 6. The van der Waals surface area contributed by atoms with Crippen LogP contribution in [0.1, 0.15) is 6.42 Å². The number of hydrogen-bond acceptors (Lipinski definition) is 5. The Morgan fingerprint density at radius 2 is 2.18 bits per heavy atom. The van der Waals surface area contributed by atoms with Crippen LogP contribution in [-0.2, 0) is 0 Å². The molecule has 0 fully saturated rings. The van der Waals surface area contributed by atoms with Gasteiger partial charge in [0.15, 0.2) is 5.75 Å². The first-order valence-corrected chi connectivity index (χ1v) is 5.36. The van der Waals surface area contributed by atoms with Crippen molar-refractivity contribution in [2.45, 2.75) is 6.42 Å². The summed E-state index contributed by atoms with van der Waals surface area (Å²) in [7, 11) is 4.00. The average Bonchev–Trinajstić information content (AvgIpc) is 2.23. The van der Waals surface area contributed by atoms with Gasteiger partial charge in [0.2, 0.25) is 0 Å². The molecule has 1 rings (SSSR count). The third-order valence-electron chi connectivity index (χ3n) is 2.28. The maximum absolute atomic E-state index is 10.5. The van der Waals surface area contributed by atoms with Crippen LogP contribution in [0.5, 0.6) is 5.75 Å². The molecule has 94 valence electrons. The summed E-state index contributed by atoms with van der Waals surface area (Å²) >= 11 is 0. The first kappa shape index (κ1) is 13.2. The van der Waals surface area contributed by atoms with Crippen LogP contribution < -0.4 is 5.32 Å². The molecule has 0 heterocycles. The molecular formula is C11H17N3O3. The van der Waals surface area contributed by atoms with Crippen molar-refractivity contribution in [1.82, 2.24) is 4.90 Å². The van der Waals surface area contributed by atoms with Crippen molar-refractivity contribution in [2.24, 2.45) is 0 Å². The minimum absolute atomic E-state index is 0.274. The topological polar surface area (TPSA) is 78.6 Å². The molecule has 0 radical (unpaired) electrons. The fourth-order valence-electron chi connectivity index (χ4n) is 1.42. The van der Waals surface area contributed by atoms with Gasteiger partial charge in [-0.3, -0.25) is 10.1 Å². The molecule has 0 aliphatic carbocycles. The Morgan fingerprint density at radius 1 is 1.47 bits per heavy atom. The van der Waals surface area contributed by atoms with E-state index in [1.165, 1.54) is 12.1 Å². The van der Waals surface area contributed by atoms with Crippen molar-refractivity contribution in [3.8, 4) is 5.75 Å². The van der Waals surface area contributed by atoms with Gasteiger partial charge in [-0.1, -0.05) is 0 Å². The van der Waals surface area contributed by atoms with Gasteiger partial charge in [-0.2, -0.15) is 0 Å². The van der Waals surface area contributed by atoms with E-state index in [1.807, 2.05) is 14.1 Å². The highest BCUT2D eigenvalue weighted by molar-refractivity contribution is 5.57. The normalized spacial score (nSPS) is 10.5. The quantitative estimate of drug-likeness (QED) is 0.448. The van der Waals surface area contributed by atoms with Crippen LogP contribution in [0.25, 0.3) is 0 Å². The Kier molecular flexibility index (Phi) is 4.71. The van der Waals surface area contributed by atoms with Crippen LogP contribution in [0.4, 0.5) is 11.4 Å². The zero-order chi connectivity index (χ0) is 12.8. The van der Waals surface area contributed by atoms with Gasteiger partial charge in [0, 0.05) is 24.4 Å². The van der Waals surface area contributed by atoms with E-state index in [1.54, 1.807) is 6.07 Å². The van der Waals surface area contributed by atoms with Gasteiger partial charge in [-0.25, -0.2) is 0 Å². The molecule has 0 unspecified atom stereocenters. The minimum atomic E-state index is -0.606. The predicted octanol–water partition coefficient (Wildman–Crippen LogP) is 1.66. The van der Waals surface area contributed by atoms with E-state index in [-0.39, 0.29) is 11.4 Å². The first-order chi connectivity index (χ1) is 8.00. The lowest BCUT2D eigenvalue weighted by atomic mass is 10.2. The second-order valence-electron chi connectivity index (χ2n) is 4.04. The second-order valence-corrected chi connectivity index (χ2v) is 4.04. The number of nitro groups is 1. The summed E-state index contributed by atoms with van der Waals surface area (Å²) in [6, 6.07) is 4.25. The zero-order valence-corrected chi connectivity index (χ0v) is 10.0. The molecule has 0 aliphatic rings. The van der Waals surface area contributed by atoms with E-state index in [0.29, 0.717) is 5.69 Å². The number of phenolic OH excluding ortho intramolecular Hbond substituents is 1. The van der Waals surface area contributed by atoms with Gasteiger partial charge in [0.05, 0.1) is 4.92 Å². The van der Waals surface area contributed by atoms with Crippen molar-refractivity contribution in [1.29, 1.82) is 0 Å². The third-order valence-corrected chi connectivity index (χ3v) is 2.28. The smallest absolute Gasteiger partial charge is 0.310 e. The molecule has 0 spiro atoms. The number of nitro benzene ring substituents is 1. The van der Waals surface area contributed by atoms with E-state index in [2.05, 4.69) is 10.2 Å². The summed E-state index contributed by atoms with van der Waals surface area (Å²) in [5, 5.41) is 23.0. The molecule has 0 aromatic heterocycles. The Bertz CT molecular complexity index is 394. The Labute approximate surface area is 100 Å². The molecular weight excluding hydrogens is 222 g/mol. The summed E-state index contributed by atoms with van der Waals surface area (Å²) in [5.41, 5.74) is 0.413. The van der Waals surface area contributed by atoms with Crippen LogP contribution >= 0.6 is 0 Å². The number of anilines is 1. The molecule has 17 heavy (non-hydrogen) atoms.